The Bertz CT molecular complexity index is 1430. The van der Waals surface area contributed by atoms with E-state index in [1.807, 2.05) is 18.9 Å². The van der Waals surface area contributed by atoms with Crippen molar-refractivity contribution in [2.24, 2.45) is 5.92 Å². The lowest BCUT2D eigenvalue weighted by Crippen LogP contribution is -2.29. The number of rotatable bonds is 7. The van der Waals surface area contributed by atoms with Crippen LogP contribution in [0.2, 0.25) is 0 Å². The van der Waals surface area contributed by atoms with Gasteiger partial charge in [-0.3, -0.25) is 19.6 Å². The van der Waals surface area contributed by atoms with Gasteiger partial charge in [0, 0.05) is 48.2 Å². The van der Waals surface area contributed by atoms with E-state index in [2.05, 4.69) is 30.6 Å². The van der Waals surface area contributed by atoms with Gasteiger partial charge in [-0.2, -0.15) is 0 Å². The molecule has 1 amide bonds. The smallest absolute Gasteiger partial charge is 0.228 e. The molecule has 5 rings (SSSR count). The molecule has 2 N–H and O–H groups in total. The highest BCUT2D eigenvalue weighted by atomic mass is 16.5. The average Bonchev–Trinajstić information content (AvgIpc) is 3.72. The fraction of sp³-hybridized carbons (Fsp3) is 0.360. The number of hydrogen-bond donors (Lipinski definition) is 2. The summed E-state index contributed by atoms with van der Waals surface area (Å²) in [5.74, 6) is 0.331. The molecule has 0 radical (unpaired) electrons. The van der Waals surface area contributed by atoms with E-state index >= 15 is 0 Å². The molecule has 0 aromatic carbocycles. The number of methoxy groups -OCH3 is 1. The molecule has 1 saturated carbocycles. The van der Waals surface area contributed by atoms with Crippen LogP contribution < -0.4 is 20.3 Å². The fourth-order valence-corrected chi connectivity index (χ4v) is 4.17. The van der Waals surface area contributed by atoms with Gasteiger partial charge >= 0.3 is 0 Å². The molecule has 3 aromatic rings. The van der Waals surface area contributed by atoms with E-state index in [9.17, 15) is 9.59 Å². The minimum atomic E-state index is -2.46. The Morgan fingerprint density at radius 2 is 2.00 bits per heavy atom. The Balaban J connectivity index is 1.61. The van der Waals surface area contributed by atoms with Crippen LogP contribution in [-0.4, -0.2) is 45.8 Å². The molecule has 180 valence electrons. The van der Waals surface area contributed by atoms with Gasteiger partial charge in [0.1, 0.15) is 11.6 Å². The molecule has 4 heterocycles. The van der Waals surface area contributed by atoms with Gasteiger partial charge in [-0.15, -0.1) is 0 Å². The zero-order chi connectivity index (χ0) is 27.2. The van der Waals surface area contributed by atoms with Crippen molar-refractivity contribution in [2.45, 2.75) is 39.1 Å². The van der Waals surface area contributed by atoms with Gasteiger partial charge in [-0.25, -0.2) is 9.97 Å². The first kappa shape index (κ1) is 19.2. The zero-order valence-corrected chi connectivity index (χ0v) is 19.6. The number of aromatic nitrogens is 4. The van der Waals surface area contributed by atoms with Crippen molar-refractivity contribution in [3.05, 3.63) is 42.1 Å². The maximum absolute atomic E-state index is 13.0. The number of Topliss-reactive ketones (excluding diaryl/α,β-unsaturated/α-hetero) is 1. The number of pyridine rings is 2. The number of anilines is 4. The predicted octanol–water partition coefficient (Wildman–Crippen LogP) is 4.14. The summed E-state index contributed by atoms with van der Waals surface area (Å²) in [6.45, 7) is -0.467. The van der Waals surface area contributed by atoms with Crippen molar-refractivity contribution in [1.29, 1.82) is 0 Å². The Morgan fingerprint density at radius 3 is 2.74 bits per heavy atom. The lowest BCUT2D eigenvalue weighted by Gasteiger charge is -2.35. The molecule has 1 aliphatic carbocycles. The molecule has 10 heteroatoms. The molecule has 1 fully saturated rings. The number of ketones is 1. The number of carbonyl (C=O) groups is 2. The van der Waals surface area contributed by atoms with Gasteiger partial charge < -0.3 is 20.3 Å². The second-order valence-corrected chi connectivity index (χ2v) is 8.58. The Morgan fingerprint density at radius 1 is 1.20 bits per heavy atom. The molecule has 0 bridgehead atoms. The Labute approximate surface area is 207 Å². The van der Waals surface area contributed by atoms with Gasteiger partial charge in [-0.05, 0) is 19.8 Å². The van der Waals surface area contributed by atoms with Crippen LogP contribution in [0.25, 0.3) is 11.3 Å². The van der Waals surface area contributed by atoms with Crippen molar-refractivity contribution in [3.63, 3.8) is 0 Å². The summed E-state index contributed by atoms with van der Waals surface area (Å²) in [5.41, 5.74) is 3.12. The molecule has 0 saturated heterocycles. The summed E-state index contributed by atoms with van der Waals surface area (Å²) in [5, 5.41) is 5.98. The second kappa shape index (κ2) is 8.94. The molecular weight excluding hydrogens is 446 g/mol. The van der Waals surface area contributed by atoms with Gasteiger partial charge in [0.05, 0.1) is 53.2 Å². The van der Waals surface area contributed by atoms with Crippen molar-refractivity contribution in [2.75, 3.05) is 29.7 Å². The van der Waals surface area contributed by atoms with E-state index in [0.29, 0.717) is 28.5 Å². The van der Waals surface area contributed by atoms with Gasteiger partial charge in [-0.1, -0.05) is 6.85 Å². The highest BCUT2D eigenvalue weighted by molar-refractivity contribution is 6.03. The van der Waals surface area contributed by atoms with Crippen molar-refractivity contribution >= 4 is 34.7 Å². The van der Waals surface area contributed by atoms with E-state index in [1.165, 1.54) is 12.3 Å². The van der Waals surface area contributed by atoms with Crippen LogP contribution in [0.4, 0.5) is 23.0 Å². The van der Waals surface area contributed by atoms with Gasteiger partial charge in [0.2, 0.25) is 5.91 Å². The van der Waals surface area contributed by atoms with Crippen LogP contribution in [-0.2, 0) is 4.79 Å². The number of ether oxygens (including phenoxy) is 1. The number of amides is 1. The predicted molar refractivity (Wildman–Crippen MR) is 132 cm³/mol. The minimum Gasteiger partial charge on any atom is -0.494 e. The summed E-state index contributed by atoms with van der Waals surface area (Å²) in [4.78, 5) is 45.2. The fourth-order valence-electron chi connectivity index (χ4n) is 4.17. The molecule has 10 nitrogen and oxygen atoms in total. The monoisotopic (exact) mass is 476 g/mol. The number of carbonyl (C=O) groups excluding carboxylic acids is 2. The maximum atomic E-state index is 13.0. The Kier molecular flexibility index (Phi) is 4.91. The maximum Gasteiger partial charge on any atom is 0.228 e. The first-order chi connectivity index (χ1) is 18.1. The molecule has 2 aliphatic rings. The highest BCUT2D eigenvalue weighted by Crippen LogP contribution is 2.49. The Hall–Kier alpha value is -4.08. The molecule has 1 atom stereocenters. The third-order valence-corrected chi connectivity index (χ3v) is 6.35. The summed E-state index contributed by atoms with van der Waals surface area (Å²) in [6.07, 6.45) is 7.05. The lowest BCUT2D eigenvalue weighted by atomic mass is 9.97. The van der Waals surface area contributed by atoms with Crippen LogP contribution in [0.5, 0.6) is 5.75 Å². The summed E-state index contributed by atoms with van der Waals surface area (Å²) in [6, 6.07) is 1.37. The minimum absolute atomic E-state index is 0.0448. The van der Waals surface area contributed by atoms with Gasteiger partial charge in [0.15, 0.2) is 11.6 Å². The van der Waals surface area contributed by atoms with Crippen LogP contribution >= 0.6 is 0 Å². The molecule has 0 unspecified atom stereocenters. The number of nitrogens with one attached hydrogen (secondary N) is 2. The number of hydrogen-bond acceptors (Lipinski definition) is 9. The van der Waals surface area contributed by atoms with Crippen molar-refractivity contribution < 1.29 is 18.4 Å². The molecule has 1 aliphatic heterocycles. The highest BCUT2D eigenvalue weighted by Gasteiger charge is 2.34. The summed E-state index contributed by atoms with van der Waals surface area (Å²) in [7, 11) is 3.43. The largest absolute Gasteiger partial charge is 0.494 e. The van der Waals surface area contributed by atoms with Gasteiger partial charge in [0.25, 0.3) is 0 Å². The van der Waals surface area contributed by atoms with E-state index in [4.69, 9.17) is 8.85 Å². The quantitative estimate of drug-likeness (QED) is 0.484. The second-order valence-electron chi connectivity index (χ2n) is 8.58. The van der Waals surface area contributed by atoms with E-state index in [-0.39, 0.29) is 34.9 Å². The SMILES string of the molecule is [2H]C([2H])([2H])CC(=O)c1cnc(NC(=O)C2CC2)cc1Nc1ncc(OC)c2c1N(C)[C@H](C)c1nccnc1-2. The molecule has 0 spiro atoms. The van der Waals surface area contributed by atoms with Crippen LogP contribution in [0, 0.1) is 5.92 Å². The normalized spacial score (nSPS) is 17.9. The zero-order valence-electron chi connectivity index (χ0n) is 22.6. The van der Waals surface area contributed by atoms with Crippen molar-refractivity contribution in [1.82, 2.24) is 19.9 Å². The van der Waals surface area contributed by atoms with E-state index in [0.717, 1.165) is 18.5 Å². The van der Waals surface area contributed by atoms with Crippen LogP contribution in [0.15, 0.2) is 30.9 Å². The third kappa shape index (κ3) is 4.05. The first-order valence-corrected chi connectivity index (χ1v) is 11.3. The van der Waals surface area contributed by atoms with E-state index in [1.54, 1.807) is 25.7 Å². The molecule has 3 aromatic heterocycles. The summed E-state index contributed by atoms with van der Waals surface area (Å²) < 4.78 is 28.3. The summed E-state index contributed by atoms with van der Waals surface area (Å²) >= 11 is 0. The lowest BCUT2D eigenvalue weighted by molar-refractivity contribution is -0.117. The van der Waals surface area contributed by atoms with Crippen LogP contribution in [0.1, 0.15) is 59.2 Å². The number of fused-ring (bicyclic) bond motifs is 3. The van der Waals surface area contributed by atoms with Crippen molar-refractivity contribution in [3.8, 4) is 17.0 Å². The number of nitrogens with zero attached hydrogens (tertiary/aromatic N) is 5. The topological polar surface area (TPSA) is 122 Å². The first-order valence-electron chi connectivity index (χ1n) is 12.8. The van der Waals surface area contributed by atoms with Crippen LogP contribution in [0.3, 0.4) is 0 Å². The molecular formula is C25H27N7O3. The molecule has 35 heavy (non-hydrogen) atoms. The third-order valence-electron chi connectivity index (χ3n) is 6.35. The van der Waals surface area contributed by atoms with E-state index < -0.39 is 19.1 Å². The average molecular weight is 477 g/mol. The standard InChI is InChI=1S/C25H27N7O3/c1-5-17(33)15-11-28-19(31-25(34)14-6-7-14)10-16(15)30-24-23-20(18(35-4)12-29-24)22-21(13(2)32(23)3)26-8-9-27-22/h8-14H,5-7H2,1-4H3,(H2,28,29,30,31,34)/t13-/m1/s1/i1D3.